The average Bonchev–Trinajstić information content (AvgIpc) is 3.14. The fourth-order valence-corrected chi connectivity index (χ4v) is 5.90. The predicted molar refractivity (Wildman–Crippen MR) is 146 cm³/mol. The summed E-state index contributed by atoms with van der Waals surface area (Å²) in [6.07, 6.45) is 1.16. The molecule has 0 radical (unpaired) electrons. The Hall–Kier alpha value is -3.43. The van der Waals surface area contributed by atoms with Crippen LogP contribution in [-0.2, 0) is 22.8 Å². The first-order chi connectivity index (χ1) is 18.3. The van der Waals surface area contributed by atoms with Crippen molar-refractivity contribution in [3.05, 3.63) is 77.1 Å². The van der Waals surface area contributed by atoms with Gasteiger partial charge in [0.25, 0.3) is 5.91 Å². The summed E-state index contributed by atoms with van der Waals surface area (Å²) in [4.78, 5) is 17.2. The molecular weight excluding hydrogens is 505 g/mol. The summed E-state index contributed by atoms with van der Waals surface area (Å²) in [5.74, 6) is -0.474. The van der Waals surface area contributed by atoms with Gasteiger partial charge in [-0.15, -0.1) is 0 Å². The molecular formula is C29H32FN3O4S. The molecule has 0 saturated carbocycles. The van der Waals surface area contributed by atoms with Crippen molar-refractivity contribution in [2.45, 2.75) is 24.8 Å². The number of hydrogen-bond acceptors (Lipinski definition) is 6. The molecule has 0 spiro atoms. The number of nitrogens with zero attached hydrogens (tertiary/aromatic N) is 2. The zero-order chi connectivity index (χ0) is 26.9. The van der Waals surface area contributed by atoms with E-state index in [-0.39, 0.29) is 28.4 Å². The second kappa shape index (κ2) is 10.7. The van der Waals surface area contributed by atoms with Crippen LogP contribution in [-0.4, -0.2) is 64.8 Å². The van der Waals surface area contributed by atoms with Gasteiger partial charge in [0, 0.05) is 61.4 Å². The number of benzene rings is 3. The molecule has 5 rings (SSSR count). The number of piperazine rings is 1. The third-order valence-corrected chi connectivity index (χ3v) is 8.32. The SMILES string of the molecule is CCc1c(C(=O)N2CCOc3ccc(-c4ccc(N5CCNCC5)cc4)cc3C2)ccc(S(C)(=O)=O)c1F. The number of ether oxygens (including phenoxy) is 1. The number of nitrogens with one attached hydrogen (secondary N) is 1. The van der Waals surface area contributed by atoms with Gasteiger partial charge >= 0.3 is 0 Å². The van der Waals surface area contributed by atoms with Crippen LogP contribution in [0.4, 0.5) is 10.1 Å². The molecule has 0 atom stereocenters. The van der Waals surface area contributed by atoms with Gasteiger partial charge in [-0.05, 0) is 53.9 Å². The number of carbonyl (C=O) groups excluding carboxylic acids is 1. The number of carbonyl (C=O) groups is 1. The zero-order valence-corrected chi connectivity index (χ0v) is 22.5. The Morgan fingerprint density at radius 3 is 2.39 bits per heavy atom. The highest BCUT2D eigenvalue weighted by atomic mass is 32.2. The molecule has 1 amide bonds. The second-order valence-corrected chi connectivity index (χ2v) is 11.7. The number of amides is 1. The van der Waals surface area contributed by atoms with Crippen LogP contribution in [0.25, 0.3) is 11.1 Å². The normalized spacial score (nSPS) is 16.0. The standard InChI is InChI=1S/C29H32FN3O4S/c1-3-24-25(9-11-27(28(24)30)38(2,35)36)29(34)33-16-17-37-26-10-6-21(18-22(26)19-33)20-4-7-23(8-5-20)32-14-12-31-13-15-32/h4-11,18,31H,3,12-17,19H2,1-2H3. The van der Waals surface area contributed by atoms with Crippen molar-refractivity contribution in [3.63, 3.8) is 0 Å². The summed E-state index contributed by atoms with van der Waals surface area (Å²) in [6.45, 7) is 6.59. The molecule has 0 aromatic heterocycles. The van der Waals surface area contributed by atoms with Crippen LogP contribution < -0.4 is 15.0 Å². The Kier molecular flexibility index (Phi) is 7.40. The highest BCUT2D eigenvalue weighted by Gasteiger charge is 2.27. The fourth-order valence-electron chi connectivity index (χ4n) is 5.14. The summed E-state index contributed by atoms with van der Waals surface area (Å²) in [5, 5.41) is 3.37. The number of rotatable bonds is 5. The van der Waals surface area contributed by atoms with E-state index in [0.29, 0.717) is 19.7 Å². The van der Waals surface area contributed by atoms with Crippen LogP contribution >= 0.6 is 0 Å². The highest BCUT2D eigenvalue weighted by molar-refractivity contribution is 7.90. The van der Waals surface area contributed by atoms with E-state index in [4.69, 9.17) is 4.74 Å². The monoisotopic (exact) mass is 537 g/mol. The first-order valence-corrected chi connectivity index (χ1v) is 14.8. The van der Waals surface area contributed by atoms with E-state index in [9.17, 15) is 13.2 Å². The number of halogens is 1. The van der Waals surface area contributed by atoms with Crippen LogP contribution in [0.2, 0.25) is 0 Å². The Balaban J connectivity index is 1.40. The molecule has 2 aliphatic heterocycles. The minimum atomic E-state index is -3.75. The summed E-state index contributed by atoms with van der Waals surface area (Å²) in [6, 6.07) is 17.1. The molecule has 3 aromatic rings. The second-order valence-electron chi connectivity index (χ2n) is 9.71. The molecule has 1 fully saturated rings. The van der Waals surface area contributed by atoms with Crippen molar-refractivity contribution in [1.82, 2.24) is 10.2 Å². The number of sulfone groups is 1. The lowest BCUT2D eigenvalue weighted by Crippen LogP contribution is -2.43. The Morgan fingerprint density at radius 1 is 1.00 bits per heavy atom. The van der Waals surface area contributed by atoms with Crippen molar-refractivity contribution >= 4 is 21.4 Å². The molecule has 7 nitrogen and oxygen atoms in total. The molecule has 0 unspecified atom stereocenters. The third kappa shape index (κ3) is 5.26. The Labute approximate surface area is 223 Å². The molecule has 38 heavy (non-hydrogen) atoms. The van der Waals surface area contributed by atoms with Crippen molar-refractivity contribution in [2.24, 2.45) is 0 Å². The molecule has 0 aliphatic carbocycles. The number of hydrogen-bond donors (Lipinski definition) is 1. The summed E-state index contributed by atoms with van der Waals surface area (Å²) >= 11 is 0. The Bertz CT molecular complexity index is 1450. The van der Waals surface area contributed by atoms with Gasteiger partial charge < -0.3 is 19.9 Å². The van der Waals surface area contributed by atoms with E-state index < -0.39 is 15.7 Å². The van der Waals surface area contributed by atoms with Crippen molar-refractivity contribution in [1.29, 1.82) is 0 Å². The largest absolute Gasteiger partial charge is 0.491 e. The molecule has 200 valence electrons. The van der Waals surface area contributed by atoms with E-state index in [1.807, 2.05) is 18.2 Å². The van der Waals surface area contributed by atoms with Gasteiger partial charge in [0.2, 0.25) is 0 Å². The van der Waals surface area contributed by atoms with Gasteiger partial charge in [-0.2, -0.15) is 0 Å². The summed E-state index contributed by atoms with van der Waals surface area (Å²) in [7, 11) is -3.75. The molecule has 1 saturated heterocycles. The maximum atomic E-state index is 15.1. The molecule has 1 N–H and O–H groups in total. The van der Waals surface area contributed by atoms with Crippen LogP contribution in [0.5, 0.6) is 5.75 Å². The lowest BCUT2D eigenvalue weighted by atomic mass is 10.0. The average molecular weight is 538 g/mol. The van der Waals surface area contributed by atoms with Crippen LogP contribution in [0, 0.1) is 5.82 Å². The van der Waals surface area contributed by atoms with Gasteiger partial charge in [-0.3, -0.25) is 4.79 Å². The predicted octanol–water partition coefficient (Wildman–Crippen LogP) is 3.90. The van der Waals surface area contributed by atoms with Gasteiger partial charge in [-0.25, -0.2) is 12.8 Å². The maximum Gasteiger partial charge on any atom is 0.254 e. The van der Waals surface area contributed by atoms with E-state index in [1.54, 1.807) is 11.8 Å². The number of anilines is 1. The van der Waals surface area contributed by atoms with Crippen molar-refractivity contribution in [2.75, 3.05) is 50.5 Å². The van der Waals surface area contributed by atoms with Crippen molar-refractivity contribution < 1.29 is 22.3 Å². The van der Waals surface area contributed by atoms with Gasteiger partial charge in [0.1, 0.15) is 23.1 Å². The van der Waals surface area contributed by atoms with E-state index >= 15 is 4.39 Å². The minimum Gasteiger partial charge on any atom is -0.491 e. The van der Waals surface area contributed by atoms with Gasteiger partial charge in [-0.1, -0.05) is 25.1 Å². The smallest absolute Gasteiger partial charge is 0.254 e. The van der Waals surface area contributed by atoms with Crippen LogP contribution in [0.3, 0.4) is 0 Å². The van der Waals surface area contributed by atoms with Gasteiger partial charge in [0.05, 0.1) is 6.54 Å². The molecule has 9 heteroatoms. The van der Waals surface area contributed by atoms with E-state index in [1.165, 1.54) is 17.8 Å². The summed E-state index contributed by atoms with van der Waals surface area (Å²) in [5.41, 5.74) is 4.45. The third-order valence-electron chi connectivity index (χ3n) is 7.20. The van der Waals surface area contributed by atoms with Crippen LogP contribution in [0.15, 0.2) is 59.5 Å². The lowest BCUT2D eigenvalue weighted by molar-refractivity contribution is 0.0731. The summed E-state index contributed by atoms with van der Waals surface area (Å²) < 4.78 is 45.0. The van der Waals surface area contributed by atoms with Gasteiger partial charge in [0.15, 0.2) is 9.84 Å². The Morgan fingerprint density at radius 2 is 1.71 bits per heavy atom. The quantitative estimate of drug-likeness (QED) is 0.532. The fraction of sp³-hybridized carbons (Fsp3) is 0.345. The van der Waals surface area contributed by atoms with Crippen LogP contribution in [0.1, 0.15) is 28.4 Å². The first-order valence-electron chi connectivity index (χ1n) is 12.9. The lowest BCUT2D eigenvalue weighted by Gasteiger charge is -2.29. The highest BCUT2D eigenvalue weighted by Crippen LogP contribution is 2.32. The maximum absolute atomic E-state index is 15.1. The molecule has 3 aromatic carbocycles. The molecule has 0 bridgehead atoms. The molecule has 2 heterocycles. The molecule has 2 aliphatic rings. The minimum absolute atomic E-state index is 0.113. The zero-order valence-electron chi connectivity index (χ0n) is 21.7. The van der Waals surface area contributed by atoms with E-state index in [2.05, 4.69) is 34.5 Å². The number of fused-ring (bicyclic) bond motifs is 1. The first kappa shape index (κ1) is 26.2. The topological polar surface area (TPSA) is 79.0 Å². The van der Waals surface area contributed by atoms with E-state index in [0.717, 1.165) is 54.9 Å². The van der Waals surface area contributed by atoms with Crippen molar-refractivity contribution in [3.8, 4) is 16.9 Å².